The van der Waals surface area contributed by atoms with Crippen LogP contribution in [0.3, 0.4) is 0 Å². The van der Waals surface area contributed by atoms with Crippen LogP contribution in [-0.2, 0) is 0 Å². The summed E-state index contributed by atoms with van der Waals surface area (Å²) in [5.41, 5.74) is 10.3. The van der Waals surface area contributed by atoms with Gasteiger partial charge in [0.1, 0.15) is 0 Å². The monoisotopic (exact) mass is 173 g/mol. The first kappa shape index (κ1) is 11.2. The van der Waals surface area contributed by atoms with E-state index in [-0.39, 0.29) is 12.1 Å². The number of aliphatic imine (C=N–C) groups is 1. The van der Waals surface area contributed by atoms with Gasteiger partial charge in [-0.1, -0.05) is 13.8 Å². The minimum atomic E-state index is -0.237. The zero-order valence-corrected chi connectivity index (χ0v) is 7.83. The molecule has 0 bridgehead atoms. The van der Waals surface area contributed by atoms with Crippen molar-refractivity contribution in [2.75, 3.05) is 6.54 Å². The smallest absolute Gasteiger partial charge is 0.185 e. The molecule has 0 aliphatic rings. The molecule has 72 valence electrons. The van der Waals surface area contributed by atoms with Gasteiger partial charge in [-0.2, -0.15) is 0 Å². The number of aliphatic hydroxyl groups is 1. The van der Waals surface area contributed by atoms with E-state index in [1.54, 1.807) is 0 Å². The summed E-state index contributed by atoms with van der Waals surface area (Å²) in [6.45, 7) is 4.59. The van der Waals surface area contributed by atoms with Crippen LogP contribution in [0.5, 0.6) is 0 Å². The lowest BCUT2D eigenvalue weighted by molar-refractivity contribution is 0.114. The van der Waals surface area contributed by atoms with Crippen molar-refractivity contribution in [3.8, 4) is 0 Å². The first-order valence-corrected chi connectivity index (χ1v) is 4.27. The van der Waals surface area contributed by atoms with Gasteiger partial charge in [-0.3, -0.25) is 4.99 Å². The van der Waals surface area contributed by atoms with Gasteiger partial charge >= 0.3 is 0 Å². The van der Waals surface area contributed by atoms with Crippen LogP contribution in [0.25, 0.3) is 0 Å². The van der Waals surface area contributed by atoms with Crippen molar-refractivity contribution in [2.24, 2.45) is 22.4 Å². The number of nitrogens with zero attached hydrogens (tertiary/aromatic N) is 1. The van der Waals surface area contributed by atoms with Gasteiger partial charge in [0.05, 0.1) is 6.10 Å². The van der Waals surface area contributed by atoms with Crippen molar-refractivity contribution in [1.29, 1.82) is 0 Å². The van der Waals surface area contributed by atoms with Gasteiger partial charge in [-0.25, -0.2) is 0 Å². The van der Waals surface area contributed by atoms with E-state index in [0.29, 0.717) is 12.5 Å². The molecule has 0 saturated heterocycles. The largest absolute Gasteiger partial charge is 0.393 e. The fourth-order valence-electron chi connectivity index (χ4n) is 0.842. The number of nitrogens with two attached hydrogens (primary N) is 2. The molecule has 0 aromatic carbocycles. The maximum absolute atomic E-state index is 9.38. The topological polar surface area (TPSA) is 84.6 Å². The molecular weight excluding hydrogens is 154 g/mol. The van der Waals surface area contributed by atoms with Crippen molar-refractivity contribution < 1.29 is 5.11 Å². The molecule has 0 fully saturated rings. The van der Waals surface area contributed by atoms with Gasteiger partial charge in [0.25, 0.3) is 0 Å². The molecule has 0 spiro atoms. The molecule has 0 aromatic heterocycles. The quantitative estimate of drug-likeness (QED) is 0.312. The zero-order chi connectivity index (χ0) is 9.56. The molecular formula is C8H19N3O. The first-order valence-electron chi connectivity index (χ1n) is 4.27. The third kappa shape index (κ3) is 5.97. The lowest BCUT2D eigenvalue weighted by atomic mass is 10.0. The highest BCUT2D eigenvalue weighted by molar-refractivity contribution is 5.75. The van der Waals surface area contributed by atoms with Crippen LogP contribution in [0.1, 0.15) is 26.7 Å². The van der Waals surface area contributed by atoms with E-state index in [9.17, 15) is 5.11 Å². The SMILES string of the molecule is CC(C)C(O)CCCN=C(N)N. The van der Waals surface area contributed by atoms with Crippen molar-refractivity contribution in [1.82, 2.24) is 0 Å². The molecule has 0 heterocycles. The summed E-state index contributed by atoms with van der Waals surface area (Å²) in [4.78, 5) is 3.82. The lowest BCUT2D eigenvalue weighted by Gasteiger charge is -2.12. The fourth-order valence-corrected chi connectivity index (χ4v) is 0.842. The minimum absolute atomic E-state index is 0.119. The van der Waals surface area contributed by atoms with Crippen LogP contribution < -0.4 is 11.5 Å². The second-order valence-corrected chi connectivity index (χ2v) is 3.26. The van der Waals surface area contributed by atoms with Crippen LogP contribution in [0.4, 0.5) is 0 Å². The molecule has 12 heavy (non-hydrogen) atoms. The number of rotatable bonds is 5. The van der Waals surface area contributed by atoms with Crippen molar-refractivity contribution in [3.05, 3.63) is 0 Å². The van der Waals surface area contributed by atoms with Crippen molar-refractivity contribution in [3.63, 3.8) is 0 Å². The molecule has 4 nitrogen and oxygen atoms in total. The Morgan fingerprint density at radius 3 is 2.42 bits per heavy atom. The predicted molar refractivity (Wildman–Crippen MR) is 50.8 cm³/mol. The molecule has 5 N–H and O–H groups in total. The van der Waals surface area contributed by atoms with E-state index in [2.05, 4.69) is 4.99 Å². The molecule has 0 aliphatic heterocycles. The second kappa shape index (κ2) is 5.83. The van der Waals surface area contributed by atoms with Crippen LogP contribution in [0.2, 0.25) is 0 Å². The molecule has 0 amide bonds. The van der Waals surface area contributed by atoms with Gasteiger partial charge in [-0.15, -0.1) is 0 Å². The Balaban J connectivity index is 3.38. The summed E-state index contributed by atoms with van der Waals surface area (Å²) in [7, 11) is 0. The number of aliphatic hydroxyl groups excluding tert-OH is 1. The average molecular weight is 173 g/mol. The van der Waals surface area contributed by atoms with Crippen LogP contribution in [-0.4, -0.2) is 23.7 Å². The van der Waals surface area contributed by atoms with Gasteiger partial charge in [0.2, 0.25) is 0 Å². The van der Waals surface area contributed by atoms with Gasteiger partial charge in [0.15, 0.2) is 5.96 Å². The third-order valence-corrected chi connectivity index (χ3v) is 1.72. The standard InChI is InChI=1S/C8H19N3O/c1-6(2)7(12)4-3-5-11-8(9)10/h6-7,12H,3-5H2,1-2H3,(H4,9,10,11). The second-order valence-electron chi connectivity index (χ2n) is 3.26. The van der Waals surface area contributed by atoms with Crippen LogP contribution in [0.15, 0.2) is 4.99 Å². The van der Waals surface area contributed by atoms with Crippen LogP contribution >= 0.6 is 0 Å². The van der Waals surface area contributed by atoms with Gasteiger partial charge in [-0.05, 0) is 18.8 Å². The molecule has 1 atom stereocenters. The van der Waals surface area contributed by atoms with Crippen LogP contribution in [0, 0.1) is 5.92 Å². The van der Waals surface area contributed by atoms with E-state index >= 15 is 0 Å². The summed E-state index contributed by atoms with van der Waals surface area (Å²) in [6.07, 6.45) is 1.35. The Bertz CT molecular complexity index is 141. The Morgan fingerprint density at radius 2 is 2.00 bits per heavy atom. The highest BCUT2D eigenvalue weighted by Crippen LogP contribution is 2.07. The van der Waals surface area contributed by atoms with Gasteiger partial charge < -0.3 is 16.6 Å². The molecule has 0 aliphatic carbocycles. The number of guanidine groups is 1. The van der Waals surface area contributed by atoms with E-state index in [1.807, 2.05) is 13.8 Å². The minimum Gasteiger partial charge on any atom is -0.393 e. The zero-order valence-electron chi connectivity index (χ0n) is 7.83. The molecule has 1 unspecified atom stereocenters. The van der Waals surface area contributed by atoms with E-state index < -0.39 is 0 Å². The summed E-state index contributed by atoms with van der Waals surface area (Å²) in [6, 6.07) is 0. The van der Waals surface area contributed by atoms with E-state index in [4.69, 9.17) is 11.5 Å². The first-order chi connectivity index (χ1) is 5.54. The summed E-state index contributed by atoms with van der Waals surface area (Å²) >= 11 is 0. The summed E-state index contributed by atoms with van der Waals surface area (Å²) in [5, 5.41) is 9.38. The molecule has 0 aromatic rings. The Labute approximate surface area is 73.7 Å². The Kier molecular flexibility index (Phi) is 5.45. The van der Waals surface area contributed by atoms with Crippen molar-refractivity contribution >= 4 is 5.96 Å². The Morgan fingerprint density at radius 1 is 1.42 bits per heavy atom. The summed E-state index contributed by atoms with van der Waals surface area (Å²) in [5.74, 6) is 0.429. The third-order valence-electron chi connectivity index (χ3n) is 1.72. The molecule has 0 rings (SSSR count). The van der Waals surface area contributed by atoms with E-state index in [1.165, 1.54) is 0 Å². The predicted octanol–water partition coefficient (Wildman–Crippen LogP) is 0.0569. The average Bonchev–Trinajstić information content (AvgIpc) is 1.97. The molecule has 0 saturated carbocycles. The molecule has 0 radical (unpaired) electrons. The molecule has 4 heteroatoms. The number of hydrogen-bond donors (Lipinski definition) is 3. The normalized spacial score (nSPS) is 13.0. The highest BCUT2D eigenvalue weighted by atomic mass is 16.3. The van der Waals surface area contributed by atoms with Crippen molar-refractivity contribution in [2.45, 2.75) is 32.8 Å². The number of hydrogen-bond acceptors (Lipinski definition) is 2. The fraction of sp³-hybridized carbons (Fsp3) is 0.875. The maximum Gasteiger partial charge on any atom is 0.185 e. The lowest BCUT2D eigenvalue weighted by Crippen LogP contribution is -2.23. The highest BCUT2D eigenvalue weighted by Gasteiger charge is 2.07. The van der Waals surface area contributed by atoms with E-state index in [0.717, 1.165) is 12.8 Å². The van der Waals surface area contributed by atoms with Gasteiger partial charge in [0, 0.05) is 6.54 Å². The maximum atomic E-state index is 9.38. The Hall–Kier alpha value is -0.770. The summed E-state index contributed by atoms with van der Waals surface area (Å²) < 4.78 is 0.